The summed E-state index contributed by atoms with van der Waals surface area (Å²) in [7, 11) is 0. The molecule has 3 nitrogen and oxygen atoms in total. The summed E-state index contributed by atoms with van der Waals surface area (Å²) in [5, 5.41) is 17.9. The Labute approximate surface area is 242 Å². The van der Waals surface area contributed by atoms with Crippen molar-refractivity contribution in [2.45, 2.75) is 17.2 Å². The van der Waals surface area contributed by atoms with E-state index in [9.17, 15) is 9.50 Å². The zero-order chi connectivity index (χ0) is 27.1. The van der Waals surface area contributed by atoms with Crippen molar-refractivity contribution < 1.29 is 9.50 Å². The molecule has 0 saturated carbocycles. The first kappa shape index (κ1) is 26.1. The van der Waals surface area contributed by atoms with Gasteiger partial charge in [-0.1, -0.05) is 18.2 Å². The Morgan fingerprint density at radius 1 is 0.923 bits per heavy atom. The van der Waals surface area contributed by atoms with Crippen LogP contribution in [0.25, 0.3) is 39.7 Å². The van der Waals surface area contributed by atoms with Crippen molar-refractivity contribution in [1.82, 2.24) is 9.78 Å². The van der Waals surface area contributed by atoms with Crippen LogP contribution in [0.2, 0.25) is 21.2 Å². The van der Waals surface area contributed by atoms with Crippen LogP contribution in [-0.2, 0) is 0 Å². The zero-order valence-electron chi connectivity index (χ0n) is 20.9. The summed E-state index contributed by atoms with van der Waals surface area (Å²) in [6, 6.07) is 25.9. The number of aliphatic hydroxyl groups is 1. The summed E-state index contributed by atoms with van der Waals surface area (Å²) >= 11 is 13.4. The second-order valence-electron chi connectivity index (χ2n) is 9.36. The van der Waals surface area contributed by atoms with Crippen LogP contribution < -0.4 is 0 Å². The summed E-state index contributed by atoms with van der Waals surface area (Å²) in [6.07, 6.45) is 3.45. The van der Waals surface area contributed by atoms with Crippen LogP contribution in [0.5, 0.6) is 0 Å². The van der Waals surface area contributed by atoms with E-state index >= 15 is 0 Å². The predicted octanol–water partition coefficient (Wildman–Crippen LogP) is 8.76. The monoisotopic (exact) mass is 620 g/mol. The van der Waals surface area contributed by atoms with Gasteiger partial charge in [-0.2, -0.15) is 0 Å². The van der Waals surface area contributed by atoms with Gasteiger partial charge in [0.15, 0.2) is 0 Å². The molecule has 5 aromatic rings. The fraction of sp³-hybridized carbons (Fsp3) is 0.0938. The van der Waals surface area contributed by atoms with Gasteiger partial charge in [0, 0.05) is 0 Å². The van der Waals surface area contributed by atoms with E-state index in [0.29, 0.717) is 30.3 Å². The van der Waals surface area contributed by atoms with Gasteiger partial charge in [0.1, 0.15) is 5.82 Å². The van der Waals surface area contributed by atoms with E-state index in [-0.39, 0.29) is 5.82 Å². The number of aliphatic hydroxyl groups excluding tert-OH is 1. The second kappa shape index (κ2) is 10.8. The Hall–Kier alpha value is -3.18. The number of nitrogens with zero attached hydrogens (tertiary/aromatic N) is 2. The number of hydrogen-bond acceptors (Lipinski definition) is 2. The SMILES string of the molecule is C[Se]CC(O)c1cc(Cl)cc2c1-c1ccc(Cl)cc1C2=Cc1cn(-c2ccccc2)nc1-c1ccc(F)cc1. The molecule has 1 N–H and O–H groups in total. The summed E-state index contributed by atoms with van der Waals surface area (Å²) in [6.45, 7) is 0. The average Bonchev–Trinajstić information content (AvgIpc) is 3.49. The van der Waals surface area contributed by atoms with Gasteiger partial charge in [-0.25, -0.2) is 4.39 Å². The first-order valence-corrected chi connectivity index (χ1v) is 16.0. The van der Waals surface area contributed by atoms with Gasteiger partial charge in [0.2, 0.25) is 0 Å². The fourth-order valence-corrected chi connectivity index (χ4v) is 6.54. The van der Waals surface area contributed by atoms with Crippen molar-refractivity contribution in [2.24, 2.45) is 0 Å². The molecular formula is C32H23Cl2FN2OSe. The van der Waals surface area contributed by atoms with Crippen LogP contribution in [0.1, 0.15) is 28.4 Å². The molecule has 0 amide bonds. The molecule has 39 heavy (non-hydrogen) atoms. The first-order chi connectivity index (χ1) is 18.9. The fourth-order valence-electron chi connectivity index (χ4n) is 5.10. The van der Waals surface area contributed by atoms with E-state index in [4.69, 9.17) is 28.3 Å². The molecule has 6 rings (SSSR count). The standard InChI is InChI=1S/C32H23Cl2FN2OSe/c1-39-18-30(38)29-16-22(34)15-28-26(27-14-21(33)9-12-25(27)31(28)29)13-20-17-37(24-5-3-2-4-6-24)36-32(20)19-7-10-23(35)11-8-19/h2-17,30,38H,18H2,1H3. The first-order valence-electron chi connectivity index (χ1n) is 12.4. The molecule has 4 aromatic carbocycles. The number of hydrogen-bond donors (Lipinski definition) is 1. The van der Waals surface area contributed by atoms with E-state index in [1.807, 2.05) is 71.5 Å². The number of aromatic nitrogens is 2. The topological polar surface area (TPSA) is 38.0 Å². The minimum absolute atomic E-state index is 0.296. The van der Waals surface area contributed by atoms with E-state index in [1.54, 1.807) is 12.1 Å². The number of para-hydroxylation sites is 1. The zero-order valence-corrected chi connectivity index (χ0v) is 24.1. The van der Waals surface area contributed by atoms with Gasteiger partial charge in [-0.3, -0.25) is 0 Å². The number of fused-ring (bicyclic) bond motifs is 3. The average molecular weight is 620 g/mol. The molecular weight excluding hydrogens is 597 g/mol. The van der Waals surface area contributed by atoms with Crippen molar-refractivity contribution >= 4 is 49.8 Å². The molecule has 1 aliphatic carbocycles. The molecule has 1 heterocycles. The summed E-state index contributed by atoms with van der Waals surface area (Å²) < 4.78 is 15.6. The second-order valence-corrected chi connectivity index (χ2v) is 12.1. The molecule has 194 valence electrons. The van der Waals surface area contributed by atoms with Crippen molar-refractivity contribution in [2.75, 3.05) is 0 Å². The van der Waals surface area contributed by atoms with E-state index < -0.39 is 6.10 Å². The van der Waals surface area contributed by atoms with Crippen LogP contribution in [0.3, 0.4) is 0 Å². The van der Waals surface area contributed by atoms with Gasteiger partial charge >= 0.3 is 215 Å². The van der Waals surface area contributed by atoms with Crippen LogP contribution in [-0.4, -0.2) is 29.8 Å². The van der Waals surface area contributed by atoms with Crippen LogP contribution in [0.4, 0.5) is 4.39 Å². The molecule has 1 atom stereocenters. The normalized spacial score (nSPS) is 13.9. The molecule has 0 spiro atoms. The molecule has 7 heteroatoms. The van der Waals surface area contributed by atoms with Gasteiger partial charge < -0.3 is 0 Å². The third-order valence-corrected chi connectivity index (χ3v) is 8.64. The van der Waals surface area contributed by atoms with Crippen LogP contribution >= 0.6 is 23.2 Å². The van der Waals surface area contributed by atoms with Gasteiger partial charge in [-0.15, -0.1) is 0 Å². The van der Waals surface area contributed by atoms with Crippen LogP contribution in [0, 0.1) is 5.82 Å². The molecule has 0 fully saturated rings. The molecule has 0 radical (unpaired) electrons. The molecule has 1 unspecified atom stereocenters. The van der Waals surface area contributed by atoms with E-state index in [2.05, 4.69) is 11.9 Å². The van der Waals surface area contributed by atoms with Crippen LogP contribution in [0.15, 0.2) is 91.1 Å². The van der Waals surface area contributed by atoms with Gasteiger partial charge in [-0.05, 0) is 0 Å². The summed E-state index contributed by atoms with van der Waals surface area (Å²) in [5.41, 5.74) is 8.95. The molecule has 0 aliphatic heterocycles. The van der Waals surface area contributed by atoms with Crippen molar-refractivity contribution in [3.8, 4) is 28.1 Å². The van der Waals surface area contributed by atoms with Crippen molar-refractivity contribution in [3.05, 3.63) is 129 Å². The maximum absolute atomic E-state index is 13.8. The van der Waals surface area contributed by atoms with Gasteiger partial charge in [0.05, 0.1) is 0 Å². The Kier molecular flexibility index (Phi) is 7.20. The predicted molar refractivity (Wildman–Crippen MR) is 159 cm³/mol. The van der Waals surface area contributed by atoms with Gasteiger partial charge in [0.25, 0.3) is 0 Å². The quantitative estimate of drug-likeness (QED) is 0.189. The van der Waals surface area contributed by atoms with E-state index in [1.165, 1.54) is 12.1 Å². The Morgan fingerprint density at radius 3 is 2.41 bits per heavy atom. The summed E-state index contributed by atoms with van der Waals surface area (Å²) in [5.74, 6) is 1.81. The Bertz CT molecular complexity index is 1710. The molecule has 1 aromatic heterocycles. The Morgan fingerprint density at radius 2 is 1.67 bits per heavy atom. The molecule has 0 saturated heterocycles. The third-order valence-electron chi connectivity index (χ3n) is 6.83. The third kappa shape index (κ3) is 4.98. The number of halogens is 3. The van der Waals surface area contributed by atoms with Crippen molar-refractivity contribution in [3.63, 3.8) is 0 Å². The maximum atomic E-state index is 13.8. The van der Waals surface area contributed by atoms with E-state index in [0.717, 1.165) is 55.9 Å². The number of rotatable bonds is 6. The molecule has 1 aliphatic rings. The number of benzene rings is 4. The summed E-state index contributed by atoms with van der Waals surface area (Å²) in [4.78, 5) is 0. The Balaban J connectivity index is 1.61. The molecule has 0 bridgehead atoms. The van der Waals surface area contributed by atoms with Crippen molar-refractivity contribution in [1.29, 1.82) is 0 Å². The minimum atomic E-state index is -0.610.